The molecule has 0 spiro atoms. The number of hydrogen-bond acceptors (Lipinski definition) is 2. The Balaban J connectivity index is 1.59. The molecule has 3 rings (SSSR count). The molecule has 1 aromatic carbocycles. The lowest BCUT2D eigenvalue weighted by atomic mass is 9.95. The minimum Gasteiger partial charge on any atom is -0.349 e. The van der Waals surface area contributed by atoms with Gasteiger partial charge in [-0.05, 0) is 46.5 Å². The van der Waals surface area contributed by atoms with Crippen LogP contribution in [0.4, 0.5) is 0 Å². The van der Waals surface area contributed by atoms with Crippen LogP contribution in [-0.4, -0.2) is 21.7 Å². The van der Waals surface area contributed by atoms with Gasteiger partial charge in [-0.2, -0.15) is 5.10 Å². The number of rotatable bonds is 4. The highest BCUT2D eigenvalue weighted by Gasteiger charge is 2.16. The van der Waals surface area contributed by atoms with Crippen LogP contribution in [0.1, 0.15) is 48.0 Å². The normalized spacial score (nSPS) is 15.7. The van der Waals surface area contributed by atoms with Crippen LogP contribution in [0.25, 0.3) is 0 Å². The first-order valence-corrected chi connectivity index (χ1v) is 8.58. The van der Waals surface area contributed by atoms with Gasteiger partial charge in [-0.3, -0.25) is 9.48 Å². The number of nitrogens with zero attached hydrogens (tertiary/aromatic N) is 2. The number of aromatic nitrogens is 2. The molecule has 1 aliphatic rings. The molecule has 0 atom stereocenters. The van der Waals surface area contributed by atoms with Gasteiger partial charge in [0.25, 0.3) is 5.91 Å². The number of halogens is 1. The largest absolute Gasteiger partial charge is 0.349 e. The second-order valence-electron chi connectivity index (χ2n) is 5.86. The van der Waals surface area contributed by atoms with E-state index in [0.29, 0.717) is 12.6 Å². The van der Waals surface area contributed by atoms with Gasteiger partial charge < -0.3 is 5.32 Å². The molecule has 1 fully saturated rings. The first kappa shape index (κ1) is 15.3. The van der Waals surface area contributed by atoms with Crippen molar-refractivity contribution in [1.29, 1.82) is 0 Å². The smallest absolute Gasteiger partial charge is 0.251 e. The van der Waals surface area contributed by atoms with E-state index in [1.165, 1.54) is 19.3 Å². The van der Waals surface area contributed by atoms with Crippen LogP contribution in [-0.2, 0) is 6.54 Å². The van der Waals surface area contributed by atoms with E-state index in [2.05, 4.69) is 26.3 Å². The zero-order valence-electron chi connectivity index (χ0n) is 12.5. The summed E-state index contributed by atoms with van der Waals surface area (Å²) in [6.07, 6.45) is 9.67. The summed E-state index contributed by atoms with van der Waals surface area (Å²) in [5, 5.41) is 7.38. The van der Waals surface area contributed by atoms with Crippen molar-refractivity contribution in [2.24, 2.45) is 0 Å². The molecule has 0 bridgehead atoms. The van der Waals surface area contributed by atoms with E-state index in [9.17, 15) is 4.79 Å². The predicted octanol–water partition coefficient (Wildman–Crippen LogP) is 3.76. The van der Waals surface area contributed by atoms with Crippen molar-refractivity contribution in [2.75, 3.05) is 0 Å². The molecule has 1 aliphatic carbocycles. The third kappa shape index (κ3) is 3.97. The number of carbonyl (C=O) groups excluding carboxylic acids is 1. The number of hydrogen-bond donors (Lipinski definition) is 1. The van der Waals surface area contributed by atoms with Gasteiger partial charge in [-0.15, -0.1) is 0 Å². The molecule has 22 heavy (non-hydrogen) atoms. The zero-order valence-corrected chi connectivity index (χ0v) is 14.1. The number of carbonyl (C=O) groups is 1. The SMILES string of the molecule is O=C(NC1CCCCC1)c1ccc(Cn2cc(Br)cn2)cc1. The average molecular weight is 362 g/mol. The molecular formula is C17H20BrN3O. The maximum Gasteiger partial charge on any atom is 0.251 e. The Labute approximate surface area is 139 Å². The van der Waals surface area contributed by atoms with Gasteiger partial charge in [0.15, 0.2) is 0 Å². The minimum absolute atomic E-state index is 0.0419. The third-order valence-electron chi connectivity index (χ3n) is 4.10. The molecular weight excluding hydrogens is 342 g/mol. The molecule has 1 saturated carbocycles. The van der Waals surface area contributed by atoms with Crippen molar-refractivity contribution in [2.45, 2.75) is 44.7 Å². The first-order chi connectivity index (χ1) is 10.7. The molecule has 2 aromatic rings. The highest BCUT2D eigenvalue weighted by atomic mass is 79.9. The molecule has 4 nitrogen and oxygen atoms in total. The second-order valence-corrected chi connectivity index (χ2v) is 6.78. The van der Waals surface area contributed by atoms with Crippen molar-refractivity contribution in [3.8, 4) is 0 Å². The van der Waals surface area contributed by atoms with Gasteiger partial charge in [0.2, 0.25) is 0 Å². The summed E-state index contributed by atoms with van der Waals surface area (Å²) in [6.45, 7) is 0.704. The molecule has 0 aliphatic heterocycles. The van der Waals surface area contributed by atoms with E-state index >= 15 is 0 Å². The van der Waals surface area contributed by atoms with Crippen molar-refractivity contribution in [3.05, 3.63) is 52.3 Å². The van der Waals surface area contributed by atoms with Crippen molar-refractivity contribution >= 4 is 21.8 Å². The summed E-state index contributed by atoms with van der Waals surface area (Å²) in [5.74, 6) is 0.0419. The summed E-state index contributed by atoms with van der Waals surface area (Å²) >= 11 is 3.39. The fourth-order valence-electron chi connectivity index (χ4n) is 2.89. The van der Waals surface area contributed by atoms with Crippen molar-refractivity contribution in [1.82, 2.24) is 15.1 Å². The standard InChI is InChI=1S/C17H20BrN3O/c18-15-10-19-21(12-15)11-13-6-8-14(9-7-13)17(22)20-16-4-2-1-3-5-16/h6-10,12,16H,1-5,11H2,(H,20,22). The van der Waals surface area contributed by atoms with Crippen LogP contribution < -0.4 is 5.32 Å². The van der Waals surface area contributed by atoms with Crippen LogP contribution in [0, 0.1) is 0 Å². The molecule has 1 aromatic heterocycles. The number of nitrogens with one attached hydrogen (secondary N) is 1. The molecule has 1 amide bonds. The van der Waals surface area contributed by atoms with Crippen molar-refractivity contribution < 1.29 is 4.79 Å². The van der Waals surface area contributed by atoms with Crippen LogP contribution >= 0.6 is 15.9 Å². The third-order valence-corrected chi connectivity index (χ3v) is 4.51. The average Bonchev–Trinajstić information content (AvgIpc) is 2.94. The fourth-order valence-corrected chi connectivity index (χ4v) is 3.22. The van der Waals surface area contributed by atoms with Gasteiger partial charge in [-0.25, -0.2) is 0 Å². The summed E-state index contributed by atoms with van der Waals surface area (Å²) in [5.41, 5.74) is 1.86. The Hall–Kier alpha value is -1.62. The Morgan fingerprint density at radius 3 is 2.59 bits per heavy atom. The number of amides is 1. The molecule has 1 heterocycles. The highest BCUT2D eigenvalue weighted by molar-refractivity contribution is 9.10. The van der Waals surface area contributed by atoms with E-state index in [1.54, 1.807) is 6.20 Å². The van der Waals surface area contributed by atoms with E-state index in [-0.39, 0.29) is 5.91 Å². The van der Waals surface area contributed by atoms with E-state index < -0.39 is 0 Å². The van der Waals surface area contributed by atoms with Gasteiger partial charge in [0.05, 0.1) is 17.2 Å². The van der Waals surface area contributed by atoms with Gasteiger partial charge in [0, 0.05) is 17.8 Å². The lowest BCUT2D eigenvalue weighted by Crippen LogP contribution is -2.36. The van der Waals surface area contributed by atoms with E-state index in [4.69, 9.17) is 0 Å². The van der Waals surface area contributed by atoms with Crippen LogP contribution in [0.3, 0.4) is 0 Å². The van der Waals surface area contributed by atoms with Gasteiger partial charge in [-0.1, -0.05) is 31.4 Å². The zero-order chi connectivity index (χ0) is 15.4. The topological polar surface area (TPSA) is 46.9 Å². The summed E-state index contributed by atoms with van der Waals surface area (Å²) in [4.78, 5) is 12.3. The van der Waals surface area contributed by atoms with Crippen LogP contribution in [0.2, 0.25) is 0 Å². The second kappa shape index (κ2) is 7.09. The minimum atomic E-state index is 0.0419. The Kier molecular flexibility index (Phi) is 4.93. The predicted molar refractivity (Wildman–Crippen MR) is 89.8 cm³/mol. The molecule has 0 unspecified atom stereocenters. The molecule has 5 heteroatoms. The highest BCUT2D eigenvalue weighted by Crippen LogP contribution is 2.18. The molecule has 0 saturated heterocycles. The van der Waals surface area contributed by atoms with E-state index in [1.807, 2.05) is 35.1 Å². The van der Waals surface area contributed by atoms with E-state index in [0.717, 1.165) is 28.4 Å². The Morgan fingerprint density at radius 2 is 1.95 bits per heavy atom. The van der Waals surface area contributed by atoms with Crippen LogP contribution in [0.5, 0.6) is 0 Å². The van der Waals surface area contributed by atoms with Crippen LogP contribution in [0.15, 0.2) is 41.1 Å². The monoisotopic (exact) mass is 361 g/mol. The first-order valence-electron chi connectivity index (χ1n) is 7.78. The lowest BCUT2D eigenvalue weighted by Gasteiger charge is -2.22. The lowest BCUT2D eigenvalue weighted by molar-refractivity contribution is 0.0927. The fraction of sp³-hybridized carbons (Fsp3) is 0.412. The Bertz CT molecular complexity index is 630. The summed E-state index contributed by atoms with van der Waals surface area (Å²) in [6, 6.07) is 8.12. The van der Waals surface area contributed by atoms with Gasteiger partial charge >= 0.3 is 0 Å². The number of benzene rings is 1. The summed E-state index contributed by atoms with van der Waals surface area (Å²) in [7, 11) is 0. The van der Waals surface area contributed by atoms with Gasteiger partial charge in [0.1, 0.15) is 0 Å². The quantitative estimate of drug-likeness (QED) is 0.900. The summed E-state index contributed by atoms with van der Waals surface area (Å²) < 4.78 is 2.83. The molecule has 116 valence electrons. The molecule has 1 N–H and O–H groups in total. The van der Waals surface area contributed by atoms with Crippen molar-refractivity contribution in [3.63, 3.8) is 0 Å². The maximum atomic E-state index is 12.3. The Morgan fingerprint density at radius 1 is 1.23 bits per heavy atom. The molecule has 0 radical (unpaired) electrons. The maximum absolute atomic E-state index is 12.3.